The third kappa shape index (κ3) is 3.62. The first-order valence-electron chi connectivity index (χ1n) is 7.57. The third-order valence-corrected chi connectivity index (χ3v) is 4.64. The smallest absolute Gasteiger partial charge is 0.227 e. The zero-order chi connectivity index (χ0) is 15.3. The van der Waals surface area contributed by atoms with E-state index in [0.717, 1.165) is 31.2 Å². The molecule has 0 aliphatic heterocycles. The molecule has 0 aromatic heterocycles. The van der Waals surface area contributed by atoms with Gasteiger partial charge < -0.3 is 11.1 Å². The highest BCUT2D eigenvalue weighted by molar-refractivity contribution is 5.83. The van der Waals surface area contributed by atoms with Gasteiger partial charge in [-0.1, -0.05) is 19.1 Å². The molecule has 1 aromatic rings. The van der Waals surface area contributed by atoms with E-state index in [0.29, 0.717) is 24.6 Å². The Balaban J connectivity index is 1.95. The number of rotatable bonds is 4. The summed E-state index contributed by atoms with van der Waals surface area (Å²) in [5.41, 5.74) is 7.13. The highest BCUT2D eigenvalue weighted by atomic mass is 16.2. The minimum atomic E-state index is -0.390. The number of nitrogens with zero attached hydrogens (tertiary/aromatic N) is 1. The van der Waals surface area contributed by atoms with Gasteiger partial charge in [0.05, 0.1) is 17.0 Å². The van der Waals surface area contributed by atoms with Crippen LogP contribution in [0.2, 0.25) is 0 Å². The first kappa shape index (κ1) is 15.5. The summed E-state index contributed by atoms with van der Waals surface area (Å²) in [6.07, 6.45) is 3.90. The monoisotopic (exact) mass is 285 g/mol. The number of benzene rings is 1. The number of nitriles is 1. The topological polar surface area (TPSA) is 78.9 Å². The van der Waals surface area contributed by atoms with E-state index in [2.05, 4.69) is 18.3 Å². The lowest BCUT2D eigenvalue weighted by Gasteiger charge is -2.37. The van der Waals surface area contributed by atoms with Gasteiger partial charge in [0.25, 0.3) is 0 Å². The van der Waals surface area contributed by atoms with Crippen LogP contribution >= 0.6 is 0 Å². The van der Waals surface area contributed by atoms with Crippen molar-refractivity contribution in [2.75, 3.05) is 6.54 Å². The van der Waals surface area contributed by atoms with Gasteiger partial charge in [0.2, 0.25) is 5.91 Å². The van der Waals surface area contributed by atoms with Gasteiger partial charge in [0.15, 0.2) is 0 Å². The van der Waals surface area contributed by atoms with Gasteiger partial charge in [-0.05, 0) is 49.3 Å². The summed E-state index contributed by atoms with van der Waals surface area (Å²) < 4.78 is 0. The van der Waals surface area contributed by atoms with E-state index < -0.39 is 0 Å². The summed E-state index contributed by atoms with van der Waals surface area (Å²) in [5.74, 6) is 0.761. The minimum Gasteiger partial charge on any atom is -0.352 e. The molecule has 0 radical (unpaired) electrons. The molecule has 0 saturated heterocycles. The van der Waals surface area contributed by atoms with Crippen molar-refractivity contribution in [3.8, 4) is 6.07 Å². The van der Waals surface area contributed by atoms with Crippen molar-refractivity contribution in [1.29, 1.82) is 5.26 Å². The van der Waals surface area contributed by atoms with Crippen LogP contribution in [0.4, 0.5) is 0 Å². The Kier molecular flexibility index (Phi) is 4.98. The molecule has 2 rings (SSSR count). The Bertz CT molecular complexity index is 522. The summed E-state index contributed by atoms with van der Waals surface area (Å²) in [6.45, 7) is 3.13. The maximum Gasteiger partial charge on any atom is 0.227 e. The van der Waals surface area contributed by atoms with Gasteiger partial charge in [0.1, 0.15) is 0 Å². The SMILES string of the molecule is CC1CCC(CN)(C(=O)NCc2ccc(C#N)cc2)CC1. The lowest BCUT2D eigenvalue weighted by molar-refractivity contribution is -0.133. The molecule has 3 N–H and O–H groups in total. The quantitative estimate of drug-likeness (QED) is 0.891. The molecule has 21 heavy (non-hydrogen) atoms. The molecule has 0 bridgehead atoms. The molecule has 1 saturated carbocycles. The first-order chi connectivity index (χ1) is 10.1. The largest absolute Gasteiger partial charge is 0.352 e. The fourth-order valence-electron chi connectivity index (χ4n) is 2.91. The number of nitrogens with one attached hydrogen (secondary N) is 1. The lowest BCUT2D eigenvalue weighted by Crippen LogP contribution is -2.47. The van der Waals surface area contributed by atoms with Crippen LogP contribution in [0.1, 0.15) is 43.7 Å². The van der Waals surface area contributed by atoms with Crippen LogP contribution in [-0.4, -0.2) is 12.5 Å². The van der Waals surface area contributed by atoms with Crippen molar-refractivity contribution < 1.29 is 4.79 Å². The minimum absolute atomic E-state index is 0.0706. The fraction of sp³-hybridized carbons (Fsp3) is 0.529. The van der Waals surface area contributed by atoms with Crippen molar-refractivity contribution in [3.63, 3.8) is 0 Å². The zero-order valence-corrected chi connectivity index (χ0v) is 12.6. The summed E-state index contributed by atoms with van der Waals surface area (Å²) in [6, 6.07) is 9.36. The van der Waals surface area contributed by atoms with E-state index in [1.54, 1.807) is 12.1 Å². The van der Waals surface area contributed by atoms with Crippen LogP contribution in [-0.2, 0) is 11.3 Å². The van der Waals surface area contributed by atoms with Gasteiger partial charge in [-0.2, -0.15) is 5.26 Å². The Labute approximate surface area is 126 Å². The number of carbonyl (C=O) groups is 1. The van der Waals surface area contributed by atoms with E-state index in [9.17, 15) is 4.79 Å². The average Bonchev–Trinajstić information content (AvgIpc) is 2.54. The van der Waals surface area contributed by atoms with Crippen LogP contribution in [0.3, 0.4) is 0 Å². The summed E-state index contributed by atoms with van der Waals surface area (Å²) >= 11 is 0. The first-order valence-corrected chi connectivity index (χ1v) is 7.57. The number of carbonyl (C=O) groups excluding carboxylic acids is 1. The standard InChI is InChI=1S/C17H23N3O/c1-13-6-8-17(12-19,9-7-13)16(21)20-11-15-4-2-14(10-18)3-5-15/h2-5,13H,6-9,11-12,19H2,1H3,(H,20,21). The van der Waals surface area contributed by atoms with Crippen molar-refractivity contribution in [3.05, 3.63) is 35.4 Å². The van der Waals surface area contributed by atoms with Crippen molar-refractivity contribution in [2.45, 2.75) is 39.2 Å². The predicted octanol–water partition coefficient (Wildman–Crippen LogP) is 2.33. The van der Waals surface area contributed by atoms with Gasteiger partial charge in [-0.15, -0.1) is 0 Å². The van der Waals surface area contributed by atoms with Crippen LogP contribution in [0.15, 0.2) is 24.3 Å². The molecular weight excluding hydrogens is 262 g/mol. The third-order valence-electron chi connectivity index (χ3n) is 4.64. The Morgan fingerprint density at radius 1 is 1.38 bits per heavy atom. The second kappa shape index (κ2) is 6.73. The zero-order valence-electron chi connectivity index (χ0n) is 12.6. The Morgan fingerprint density at radius 2 is 2.00 bits per heavy atom. The Morgan fingerprint density at radius 3 is 2.52 bits per heavy atom. The van der Waals surface area contributed by atoms with Gasteiger partial charge in [0, 0.05) is 13.1 Å². The second-order valence-corrected chi connectivity index (χ2v) is 6.16. The van der Waals surface area contributed by atoms with Crippen molar-refractivity contribution >= 4 is 5.91 Å². The molecule has 0 spiro atoms. The molecule has 0 unspecified atom stereocenters. The molecule has 0 atom stereocenters. The molecule has 1 aliphatic rings. The molecule has 4 heteroatoms. The maximum atomic E-state index is 12.5. The number of hydrogen-bond donors (Lipinski definition) is 2. The van der Waals surface area contributed by atoms with Gasteiger partial charge in [-0.3, -0.25) is 4.79 Å². The fourth-order valence-corrected chi connectivity index (χ4v) is 2.91. The van der Waals surface area contributed by atoms with E-state index in [1.807, 2.05) is 12.1 Å². The van der Waals surface area contributed by atoms with Crippen LogP contribution < -0.4 is 11.1 Å². The number of hydrogen-bond acceptors (Lipinski definition) is 3. The molecule has 1 aliphatic carbocycles. The molecule has 4 nitrogen and oxygen atoms in total. The van der Waals surface area contributed by atoms with Crippen molar-refractivity contribution in [2.24, 2.45) is 17.1 Å². The number of nitrogens with two attached hydrogens (primary N) is 1. The highest BCUT2D eigenvalue weighted by Crippen LogP contribution is 2.38. The van der Waals surface area contributed by atoms with Gasteiger partial charge >= 0.3 is 0 Å². The maximum absolute atomic E-state index is 12.5. The normalized spacial score (nSPS) is 25.1. The van der Waals surface area contributed by atoms with E-state index in [4.69, 9.17) is 11.0 Å². The van der Waals surface area contributed by atoms with Crippen LogP contribution in [0.5, 0.6) is 0 Å². The van der Waals surface area contributed by atoms with Crippen molar-refractivity contribution in [1.82, 2.24) is 5.32 Å². The number of amides is 1. The molecule has 1 fully saturated rings. The molecule has 0 heterocycles. The van der Waals surface area contributed by atoms with E-state index >= 15 is 0 Å². The molecule has 1 aromatic carbocycles. The van der Waals surface area contributed by atoms with Crippen LogP contribution in [0, 0.1) is 22.7 Å². The summed E-state index contributed by atoms with van der Waals surface area (Å²) in [7, 11) is 0. The molecular formula is C17H23N3O. The second-order valence-electron chi connectivity index (χ2n) is 6.16. The highest BCUT2D eigenvalue weighted by Gasteiger charge is 2.39. The van der Waals surface area contributed by atoms with Gasteiger partial charge in [-0.25, -0.2) is 0 Å². The summed E-state index contributed by atoms with van der Waals surface area (Å²) in [4.78, 5) is 12.5. The predicted molar refractivity (Wildman–Crippen MR) is 82.1 cm³/mol. The van der Waals surface area contributed by atoms with E-state index in [-0.39, 0.29) is 11.3 Å². The molecule has 1 amide bonds. The van der Waals surface area contributed by atoms with E-state index in [1.165, 1.54) is 0 Å². The summed E-state index contributed by atoms with van der Waals surface area (Å²) in [5, 5.41) is 11.8. The molecule has 112 valence electrons. The average molecular weight is 285 g/mol. The Hall–Kier alpha value is -1.86. The lowest BCUT2D eigenvalue weighted by atomic mass is 9.70. The van der Waals surface area contributed by atoms with Crippen LogP contribution in [0.25, 0.3) is 0 Å².